The van der Waals surface area contributed by atoms with Crippen molar-refractivity contribution in [1.29, 1.82) is 0 Å². The monoisotopic (exact) mass is 497 g/mol. The van der Waals surface area contributed by atoms with E-state index in [0.717, 1.165) is 69.0 Å². The molecule has 3 aromatic heterocycles. The molecule has 6 heteroatoms. The molecule has 1 saturated carbocycles. The van der Waals surface area contributed by atoms with Crippen LogP contribution in [0.2, 0.25) is 0 Å². The van der Waals surface area contributed by atoms with Crippen molar-refractivity contribution in [3.8, 4) is 39.5 Å². The van der Waals surface area contributed by atoms with Crippen molar-refractivity contribution in [2.75, 3.05) is 7.11 Å². The van der Waals surface area contributed by atoms with Gasteiger partial charge < -0.3 is 10.5 Å². The Morgan fingerprint density at radius 3 is 2.21 bits per heavy atom. The quantitative estimate of drug-likeness (QED) is 0.289. The van der Waals surface area contributed by atoms with E-state index in [1.54, 1.807) is 7.11 Å². The van der Waals surface area contributed by atoms with Gasteiger partial charge in [0, 0.05) is 22.2 Å². The summed E-state index contributed by atoms with van der Waals surface area (Å²) in [5, 5.41) is 8.99. The Bertz CT molecular complexity index is 1770. The summed E-state index contributed by atoms with van der Waals surface area (Å²) in [4.78, 5) is 5.21. The smallest absolute Gasteiger partial charge is 0.168 e. The van der Waals surface area contributed by atoms with Crippen molar-refractivity contribution in [2.45, 2.75) is 24.8 Å². The Balaban J connectivity index is 1.44. The normalized spacial score (nSPS) is 14.5. The van der Waals surface area contributed by atoms with E-state index in [4.69, 9.17) is 15.5 Å². The van der Waals surface area contributed by atoms with Crippen molar-refractivity contribution in [3.63, 3.8) is 0 Å². The van der Waals surface area contributed by atoms with Gasteiger partial charge in [-0.05, 0) is 72.9 Å². The zero-order valence-electron chi connectivity index (χ0n) is 21.1. The number of nitrogens with zero attached hydrogens (tertiary/aromatic N) is 4. The molecule has 0 radical (unpaired) electrons. The molecular formula is C32H27N5O. The highest BCUT2D eigenvalue weighted by Crippen LogP contribution is 2.40. The van der Waals surface area contributed by atoms with Gasteiger partial charge in [0.15, 0.2) is 11.5 Å². The minimum atomic E-state index is -0.185. The molecule has 0 atom stereocenters. The second-order valence-corrected chi connectivity index (χ2v) is 10.0. The first-order chi connectivity index (χ1) is 18.6. The summed E-state index contributed by atoms with van der Waals surface area (Å²) in [6, 6.07) is 33.1. The molecule has 0 amide bonds. The Morgan fingerprint density at radius 2 is 1.53 bits per heavy atom. The van der Waals surface area contributed by atoms with E-state index < -0.39 is 0 Å². The number of hydrogen-bond donors (Lipinski definition) is 1. The summed E-state index contributed by atoms with van der Waals surface area (Å²) in [5.41, 5.74) is 15.3. The lowest BCUT2D eigenvalue weighted by molar-refractivity contribution is 0.253. The molecule has 0 bridgehead atoms. The molecule has 1 aliphatic rings. The molecule has 0 saturated heterocycles. The van der Waals surface area contributed by atoms with E-state index in [2.05, 4.69) is 69.2 Å². The fourth-order valence-corrected chi connectivity index (χ4v) is 5.41. The Morgan fingerprint density at radius 1 is 0.789 bits per heavy atom. The maximum Gasteiger partial charge on any atom is 0.168 e. The summed E-state index contributed by atoms with van der Waals surface area (Å²) in [6.45, 7) is 0. The lowest BCUT2D eigenvalue weighted by atomic mass is 9.72. The first-order valence-electron chi connectivity index (χ1n) is 12.9. The van der Waals surface area contributed by atoms with Crippen LogP contribution < -0.4 is 10.5 Å². The molecule has 0 aliphatic heterocycles. The number of rotatable bonds is 5. The molecule has 0 spiro atoms. The van der Waals surface area contributed by atoms with Gasteiger partial charge in [-0.3, -0.25) is 4.40 Å². The van der Waals surface area contributed by atoms with Crippen LogP contribution in [0.3, 0.4) is 0 Å². The Hall–Kier alpha value is -4.55. The van der Waals surface area contributed by atoms with Gasteiger partial charge in [-0.1, -0.05) is 54.6 Å². The summed E-state index contributed by atoms with van der Waals surface area (Å²) in [5.74, 6) is 1.56. The molecule has 6 nitrogen and oxygen atoms in total. The van der Waals surface area contributed by atoms with Crippen LogP contribution in [0.5, 0.6) is 5.75 Å². The minimum absolute atomic E-state index is 0.185. The van der Waals surface area contributed by atoms with Gasteiger partial charge in [0.25, 0.3) is 0 Å². The highest BCUT2D eigenvalue weighted by molar-refractivity contribution is 5.92. The van der Waals surface area contributed by atoms with E-state index in [1.807, 2.05) is 42.5 Å². The molecule has 6 aromatic rings. The van der Waals surface area contributed by atoms with E-state index in [1.165, 1.54) is 12.0 Å². The number of fused-ring (bicyclic) bond motifs is 3. The van der Waals surface area contributed by atoms with Crippen LogP contribution in [0.1, 0.15) is 24.8 Å². The highest BCUT2D eigenvalue weighted by atomic mass is 16.5. The first-order valence-corrected chi connectivity index (χ1v) is 12.9. The maximum absolute atomic E-state index is 6.59. The van der Waals surface area contributed by atoms with Crippen LogP contribution in [0.15, 0.2) is 97.1 Å². The number of benzene rings is 3. The summed E-state index contributed by atoms with van der Waals surface area (Å²) in [7, 11) is 1.66. The van der Waals surface area contributed by atoms with Gasteiger partial charge in [-0.2, -0.15) is 0 Å². The molecule has 0 unspecified atom stereocenters. The fourth-order valence-electron chi connectivity index (χ4n) is 5.41. The van der Waals surface area contributed by atoms with E-state index in [0.29, 0.717) is 0 Å². The number of aromatic nitrogens is 4. The molecule has 3 aromatic carbocycles. The van der Waals surface area contributed by atoms with E-state index >= 15 is 0 Å². The molecule has 7 rings (SSSR count). The SMILES string of the molecule is COc1ccc(-c2nnc3ccc4nc(-c5ccc(C6(N)CCC6)cc5)c(-c5ccccc5)cc4n23)cc1. The van der Waals surface area contributed by atoms with Gasteiger partial charge in [-0.15, -0.1) is 10.2 Å². The predicted octanol–water partition coefficient (Wildman–Crippen LogP) is 6.63. The van der Waals surface area contributed by atoms with E-state index in [9.17, 15) is 0 Å². The zero-order chi connectivity index (χ0) is 25.7. The highest BCUT2D eigenvalue weighted by Gasteiger charge is 2.34. The number of pyridine rings is 2. The molecule has 38 heavy (non-hydrogen) atoms. The second kappa shape index (κ2) is 8.78. The van der Waals surface area contributed by atoms with Gasteiger partial charge in [-0.25, -0.2) is 4.98 Å². The van der Waals surface area contributed by atoms with Crippen LogP contribution in [0.4, 0.5) is 0 Å². The average molecular weight is 498 g/mol. The summed E-state index contributed by atoms with van der Waals surface area (Å²) >= 11 is 0. The lowest BCUT2D eigenvalue weighted by Crippen LogP contribution is -2.43. The molecule has 1 fully saturated rings. The van der Waals surface area contributed by atoms with Crippen LogP contribution >= 0.6 is 0 Å². The average Bonchev–Trinajstić information content (AvgIpc) is 3.40. The number of nitrogens with two attached hydrogens (primary N) is 1. The van der Waals surface area contributed by atoms with Crippen molar-refractivity contribution >= 4 is 16.7 Å². The van der Waals surface area contributed by atoms with Gasteiger partial charge >= 0.3 is 0 Å². The second-order valence-electron chi connectivity index (χ2n) is 10.0. The molecule has 1 aliphatic carbocycles. The van der Waals surface area contributed by atoms with Crippen molar-refractivity contribution in [1.82, 2.24) is 19.6 Å². The lowest BCUT2D eigenvalue weighted by Gasteiger charge is -2.38. The van der Waals surface area contributed by atoms with Crippen molar-refractivity contribution in [3.05, 3.63) is 103 Å². The minimum Gasteiger partial charge on any atom is -0.497 e. The Kier molecular flexibility index (Phi) is 5.23. The van der Waals surface area contributed by atoms with Crippen LogP contribution in [0.25, 0.3) is 50.5 Å². The topological polar surface area (TPSA) is 78.3 Å². The number of methoxy groups -OCH3 is 1. The van der Waals surface area contributed by atoms with Gasteiger partial charge in [0.05, 0.1) is 23.8 Å². The molecule has 3 heterocycles. The predicted molar refractivity (Wildman–Crippen MR) is 151 cm³/mol. The zero-order valence-corrected chi connectivity index (χ0v) is 21.1. The summed E-state index contributed by atoms with van der Waals surface area (Å²) < 4.78 is 7.42. The molecule has 186 valence electrons. The Labute approximate surface area is 220 Å². The largest absolute Gasteiger partial charge is 0.497 e. The standard InChI is InChI=1S/C32H27N5O/c1-38-25-14-10-23(11-15-25)31-36-35-29-17-16-27-28(37(29)31)20-26(21-6-3-2-4-7-21)30(34-27)22-8-12-24(13-9-22)32(33)18-5-19-32/h2-4,6-17,20H,5,18-19,33H2,1H3. The molecule has 2 N–H and O–H groups in total. The number of hydrogen-bond acceptors (Lipinski definition) is 5. The number of ether oxygens (including phenoxy) is 1. The summed E-state index contributed by atoms with van der Waals surface area (Å²) in [6.07, 6.45) is 3.28. The van der Waals surface area contributed by atoms with Crippen LogP contribution in [-0.4, -0.2) is 26.7 Å². The maximum atomic E-state index is 6.59. The van der Waals surface area contributed by atoms with E-state index in [-0.39, 0.29) is 5.54 Å². The van der Waals surface area contributed by atoms with Crippen molar-refractivity contribution < 1.29 is 4.74 Å². The first kappa shape index (κ1) is 22.6. The third-order valence-electron chi connectivity index (χ3n) is 7.76. The van der Waals surface area contributed by atoms with Crippen LogP contribution in [-0.2, 0) is 5.54 Å². The third-order valence-corrected chi connectivity index (χ3v) is 7.76. The third kappa shape index (κ3) is 3.64. The fraction of sp³-hybridized carbons (Fsp3) is 0.156. The van der Waals surface area contributed by atoms with Crippen LogP contribution in [0, 0.1) is 0 Å². The molecular weight excluding hydrogens is 470 g/mol. The van der Waals surface area contributed by atoms with Gasteiger partial charge in [0.2, 0.25) is 0 Å². The van der Waals surface area contributed by atoms with Crippen molar-refractivity contribution in [2.24, 2.45) is 5.73 Å². The van der Waals surface area contributed by atoms with Gasteiger partial charge in [0.1, 0.15) is 5.75 Å².